The molecular formula is C16H24N2O3S. The Morgan fingerprint density at radius 3 is 2.41 bits per heavy atom. The molecular weight excluding hydrogens is 300 g/mol. The normalized spacial score (nSPS) is 22.6. The van der Waals surface area contributed by atoms with E-state index in [4.69, 9.17) is 0 Å². The second-order valence-electron chi connectivity index (χ2n) is 5.99. The summed E-state index contributed by atoms with van der Waals surface area (Å²) < 4.78 is 24.8. The van der Waals surface area contributed by atoms with Gasteiger partial charge in [-0.1, -0.05) is 19.1 Å². The molecule has 122 valence electrons. The molecule has 2 rings (SSSR count). The van der Waals surface area contributed by atoms with Crippen molar-refractivity contribution in [1.82, 2.24) is 10.2 Å². The highest BCUT2D eigenvalue weighted by atomic mass is 32.2. The zero-order valence-electron chi connectivity index (χ0n) is 13.4. The number of benzene rings is 1. The van der Waals surface area contributed by atoms with E-state index in [1.807, 2.05) is 20.8 Å². The monoisotopic (exact) mass is 324 g/mol. The zero-order valence-corrected chi connectivity index (χ0v) is 14.2. The Balaban J connectivity index is 2.35. The third kappa shape index (κ3) is 3.67. The van der Waals surface area contributed by atoms with Gasteiger partial charge in [0.15, 0.2) is 9.84 Å². The van der Waals surface area contributed by atoms with E-state index in [-0.39, 0.29) is 34.2 Å². The number of hydrogen-bond donors (Lipinski definition) is 1. The minimum absolute atomic E-state index is 0.0612. The molecule has 6 heteroatoms. The molecule has 0 saturated carbocycles. The van der Waals surface area contributed by atoms with Crippen molar-refractivity contribution >= 4 is 15.7 Å². The lowest BCUT2D eigenvalue weighted by atomic mass is 10.1. The maximum absolute atomic E-state index is 12.8. The van der Waals surface area contributed by atoms with Gasteiger partial charge < -0.3 is 10.2 Å². The molecule has 0 bridgehead atoms. The van der Waals surface area contributed by atoms with Crippen LogP contribution in [0, 0.1) is 0 Å². The molecule has 1 N–H and O–H groups in total. The number of rotatable bonds is 4. The van der Waals surface area contributed by atoms with Gasteiger partial charge in [-0.15, -0.1) is 0 Å². The lowest BCUT2D eigenvalue weighted by molar-refractivity contribution is 0.0670. The van der Waals surface area contributed by atoms with Crippen molar-refractivity contribution in [3.05, 3.63) is 29.8 Å². The molecule has 1 aromatic carbocycles. The quantitative estimate of drug-likeness (QED) is 0.915. The first kappa shape index (κ1) is 17.0. The van der Waals surface area contributed by atoms with Crippen LogP contribution in [-0.4, -0.2) is 50.2 Å². The molecule has 0 spiro atoms. The SMILES string of the molecule is CCCS(=O)(=O)c1ccccc1C(=O)N1CC(C)NC(C)C1. The van der Waals surface area contributed by atoms with Gasteiger partial charge in [0.05, 0.1) is 16.2 Å². The maximum atomic E-state index is 12.8. The summed E-state index contributed by atoms with van der Waals surface area (Å²) in [6, 6.07) is 6.93. The van der Waals surface area contributed by atoms with Crippen LogP contribution in [-0.2, 0) is 9.84 Å². The van der Waals surface area contributed by atoms with Crippen LogP contribution < -0.4 is 5.32 Å². The largest absolute Gasteiger partial charge is 0.336 e. The average molecular weight is 324 g/mol. The van der Waals surface area contributed by atoms with Crippen LogP contribution in [0.2, 0.25) is 0 Å². The molecule has 5 nitrogen and oxygen atoms in total. The Labute approximate surface area is 132 Å². The Morgan fingerprint density at radius 2 is 1.82 bits per heavy atom. The number of amides is 1. The fourth-order valence-electron chi connectivity index (χ4n) is 2.96. The van der Waals surface area contributed by atoms with Crippen molar-refractivity contribution in [2.24, 2.45) is 0 Å². The standard InChI is InChI=1S/C16H24N2O3S/c1-4-9-22(20,21)15-8-6-5-7-14(15)16(19)18-10-12(2)17-13(3)11-18/h5-8,12-13,17H,4,9-11H2,1-3H3. The van der Waals surface area contributed by atoms with E-state index in [9.17, 15) is 13.2 Å². The Kier molecular flexibility index (Phi) is 5.24. The van der Waals surface area contributed by atoms with Crippen molar-refractivity contribution in [3.63, 3.8) is 0 Å². The molecule has 1 saturated heterocycles. The van der Waals surface area contributed by atoms with Crippen molar-refractivity contribution in [3.8, 4) is 0 Å². The molecule has 2 unspecified atom stereocenters. The smallest absolute Gasteiger partial charge is 0.255 e. The Hall–Kier alpha value is -1.40. The second-order valence-corrected chi connectivity index (χ2v) is 8.07. The molecule has 0 radical (unpaired) electrons. The van der Waals surface area contributed by atoms with Gasteiger partial charge in [0, 0.05) is 25.2 Å². The van der Waals surface area contributed by atoms with E-state index in [1.54, 1.807) is 23.1 Å². The van der Waals surface area contributed by atoms with Crippen molar-refractivity contribution in [2.75, 3.05) is 18.8 Å². The summed E-state index contributed by atoms with van der Waals surface area (Å²) in [5, 5.41) is 3.37. The first-order chi connectivity index (χ1) is 10.3. The summed E-state index contributed by atoms with van der Waals surface area (Å²) in [6.07, 6.45) is 0.534. The average Bonchev–Trinajstić information content (AvgIpc) is 2.45. The summed E-state index contributed by atoms with van der Waals surface area (Å²) in [5.41, 5.74) is 0.289. The van der Waals surface area contributed by atoms with Crippen LogP contribution in [0.25, 0.3) is 0 Å². The highest BCUT2D eigenvalue weighted by Gasteiger charge is 2.29. The highest BCUT2D eigenvalue weighted by Crippen LogP contribution is 2.20. The van der Waals surface area contributed by atoms with Crippen LogP contribution in [0.15, 0.2) is 29.2 Å². The zero-order chi connectivity index (χ0) is 16.3. The molecule has 1 heterocycles. The molecule has 1 aromatic rings. The first-order valence-corrected chi connectivity index (χ1v) is 9.37. The summed E-state index contributed by atoms with van der Waals surface area (Å²) in [4.78, 5) is 14.7. The van der Waals surface area contributed by atoms with E-state index < -0.39 is 9.84 Å². The van der Waals surface area contributed by atoms with Crippen molar-refractivity contribution in [1.29, 1.82) is 0 Å². The van der Waals surface area contributed by atoms with Crippen LogP contribution in [0.3, 0.4) is 0 Å². The Bertz CT molecular complexity index is 633. The first-order valence-electron chi connectivity index (χ1n) is 7.72. The van der Waals surface area contributed by atoms with E-state index in [0.717, 1.165) is 0 Å². The summed E-state index contributed by atoms with van der Waals surface area (Å²) >= 11 is 0. The molecule has 22 heavy (non-hydrogen) atoms. The third-order valence-corrected chi connectivity index (χ3v) is 5.74. The number of hydrogen-bond acceptors (Lipinski definition) is 4. The molecule has 1 amide bonds. The number of nitrogens with zero attached hydrogens (tertiary/aromatic N) is 1. The predicted octanol–water partition coefficient (Wildman–Crippen LogP) is 1.69. The molecule has 1 aliphatic heterocycles. The van der Waals surface area contributed by atoms with Gasteiger partial charge >= 0.3 is 0 Å². The van der Waals surface area contributed by atoms with Crippen LogP contribution >= 0.6 is 0 Å². The molecule has 0 aliphatic carbocycles. The fraction of sp³-hybridized carbons (Fsp3) is 0.562. The lowest BCUT2D eigenvalue weighted by Crippen LogP contribution is -2.55. The van der Waals surface area contributed by atoms with Gasteiger partial charge in [0.1, 0.15) is 0 Å². The van der Waals surface area contributed by atoms with Gasteiger partial charge in [-0.05, 0) is 32.4 Å². The van der Waals surface area contributed by atoms with Crippen LogP contribution in [0.5, 0.6) is 0 Å². The summed E-state index contributed by atoms with van der Waals surface area (Å²) in [5.74, 6) is -0.137. The van der Waals surface area contributed by atoms with Crippen LogP contribution in [0.1, 0.15) is 37.6 Å². The minimum Gasteiger partial charge on any atom is -0.336 e. The van der Waals surface area contributed by atoms with Gasteiger partial charge in [0.25, 0.3) is 5.91 Å². The third-order valence-electron chi connectivity index (χ3n) is 3.77. The number of piperazine rings is 1. The second kappa shape index (κ2) is 6.79. The summed E-state index contributed by atoms with van der Waals surface area (Å²) in [7, 11) is -3.41. The Morgan fingerprint density at radius 1 is 1.23 bits per heavy atom. The minimum atomic E-state index is -3.41. The molecule has 0 aromatic heterocycles. The number of sulfone groups is 1. The summed E-state index contributed by atoms with van der Waals surface area (Å²) in [6.45, 7) is 7.05. The van der Waals surface area contributed by atoms with Gasteiger partial charge in [0.2, 0.25) is 0 Å². The molecule has 2 atom stereocenters. The molecule has 1 aliphatic rings. The van der Waals surface area contributed by atoms with Crippen LogP contribution in [0.4, 0.5) is 0 Å². The van der Waals surface area contributed by atoms with Gasteiger partial charge in [-0.2, -0.15) is 0 Å². The van der Waals surface area contributed by atoms with Crippen molar-refractivity contribution in [2.45, 2.75) is 44.2 Å². The van der Waals surface area contributed by atoms with Gasteiger partial charge in [-0.25, -0.2) is 8.42 Å². The van der Waals surface area contributed by atoms with E-state index >= 15 is 0 Å². The van der Waals surface area contributed by atoms with Gasteiger partial charge in [-0.3, -0.25) is 4.79 Å². The highest BCUT2D eigenvalue weighted by molar-refractivity contribution is 7.91. The number of nitrogens with one attached hydrogen (secondary N) is 1. The lowest BCUT2D eigenvalue weighted by Gasteiger charge is -2.36. The maximum Gasteiger partial charge on any atom is 0.255 e. The predicted molar refractivity (Wildman–Crippen MR) is 86.7 cm³/mol. The number of carbonyl (C=O) groups excluding carboxylic acids is 1. The van der Waals surface area contributed by atoms with E-state index in [0.29, 0.717) is 19.5 Å². The van der Waals surface area contributed by atoms with E-state index in [1.165, 1.54) is 6.07 Å². The van der Waals surface area contributed by atoms with Crippen molar-refractivity contribution < 1.29 is 13.2 Å². The topological polar surface area (TPSA) is 66.5 Å². The molecule has 1 fully saturated rings. The fourth-order valence-corrected chi connectivity index (χ4v) is 4.49. The van der Waals surface area contributed by atoms with E-state index in [2.05, 4.69) is 5.32 Å². The number of carbonyl (C=O) groups is 1.